The van der Waals surface area contributed by atoms with E-state index >= 15 is 0 Å². The van der Waals surface area contributed by atoms with Crippen LogP contribution in [0.5, 0.6) is 11.5 Å². The molecule has 0 atom stereocenters. The summed E-state index contributed by atoms with van der Waals surface area (Å²) in [6.07, 6.45) is 0. The van der Waals surface area contributed by atoms with Gasteiger partial charge in [0.15, 0.2) is 17.5 Å². The second kappa shape index (κ2) is 13.3. The Hall–Kier alpha value is -7.50. The second-order valence-corrected chi connectivity index (χ2v) is 15.1. The van der Waals surface area contributed by atoms with Gasteiger partial charge in [-0.2, -0.15) is 0 Å². The number of para-hydroxylation sites is 2. The van der Waals surface area contributed by atoms with E-state index in [2.05, 4.69) is 164 Å². The minimum atomic E-state index is -0.517. The van der Waals surface area contributed by atoms with Gasteiger partial charge in [0.25, 0.3) is 0 Å². The molecule has 9 aromatic rings. The molecule has 11 rings (SSSR count). The van der Waals surface area contributed by atoms with Crippen LogP contribution in [0.1, 0.15) is 33.6 Å². The Morgan fingerprint density at radius 1 is 0.345 bits per heavy atom. The van der Waals surface area contributed by atoms with Crippen LogP contribution in [0.2, 0.25) is 0 Å². The van der Waals surface area contributed by atoms with Crippen molar-refractivity contribution in [1.82, 2.24) is 19.9 Å². The summed E-state index contributed by atoms with van der Waals surface area (Å²) >= 11 is 0. The van der Waals surface area contributed by atoms with Crippen molar-refractivity contribution in [2.24, 2.45) is 0 Å². The van der Waals surface area contributed by atoms with E-state index in [4.69, 9.17) is 19.7 Å². The molecule has 0 bridgehead atoms. The van der Waals surface area contributed by atoms with Crippen LogP contribution in [0.3, 0.4) is 0 Å². The van der Waals surface area contributed by atoms with Crippen LogP contribution in [0, 0.1) is 13.8 Å². The second-order valence-electron chi connectivity index (χ2n) is 15.1. The summed E-state index contributed by atoms with van der Waals surface area (Å²) in [6, 6.07) is 64.0. The summed E-state index contributed by atoms with van der Waals surface area (Å²) < 4.78 is 6.55. The Morgan fingerprint density at radius 2 is 0.810 bits per heavy atom. The molecule has 3 heterocycles. The maximum atomic E-state index is 6.55. The van der Waals surface area contributed by atoms with Crippen LogP contribution in [0.25, 0.3) is 67.5 Å². The third-order valence-electron chi connectivity index (χ3n) is 11.7. The lowest BCUT2D eigenvalue weighted by molar-refractivity contribution is 0.436. The molecule has 0 radical (unpaired) electrons. The van der Waals surface area contributed by atoms with Gasteiger partial charge in [0.1, 0.15) is 11.5 Å². The summed E-state index contributed by atoms with van der Waals surface area (Å²) in [6.45, 7) is 4.07. The minimum Gasteiger partial charge on any atom is -0.457 e. The average molecular weight is 745 g/mol. The van der Waals surface area contributed by atoms with E-state index in [1.54, 1.807) is 0 Å². The topological polar surface area (TPSA) is 60.8 Å². The molecule has 274 valence electrons. The highest BCUT2D eigenvalue weighted by atomic mass is 16.5. The van der Waals surface area contributed by atoms with Crippen molar-refractivity contribution in [2.45, 2.75) is 19.3 Å². The van der Waals surface area contributed by atoms with Crippen LogP contribution in [0.15, 0.2) is 182 Å². The zero-order valence-electron chi connectivity index (χ0n) is 32.0. The predicted molar refractivity (Wildman–Crippen MR) is 232 cm³/mol. The van der Waals surface area contributed by atoms with E-state index in [-0.39, 0.29) is 0 Å². The van der Waals surface area contributed by atoms with E-state index in [1.165, 1.54) is 22.3 Å². The van der Waals surface area contributed by atoms with Crippen molar-refractivity contribution in [3.63, 3.8) is 0 Å². The molecule has 0 saturated carbocycles. The monoisotopic (exact) mass is 744 g/mol. The summed E-state index contributed by atoms with van der Waals surface area (Å²) in [5.74, 6) is 3.66. The molecule has 58 heavy (non-hydrogen) atoms. The number of ether oxygens (including phenoxy) is 1. The van der Waals surface area contributed by atoms with Gasteiger partial charge < -0.3 is 4.74 Å². The predicted octanol–water partition coefficient (Wildman–Crippen LogP) is 12.7. The standard InChI is InChI=1S/C53H36N4O/c1-33-20-30-41(34(2)54-33)36-23-27-39(28-24-36)52-56-50(37-12-4-3-5-13-37)55-51(57-52)38-25-21-35(22-26-38)40-29-31-43-42-14-6-7-15-44(42)53(47(43)32-40)45-16-8-10-18-48(45)58-49-19-11-9-17-46(49)53/h3-32H,1-2H3. The van der Waals surface area contributed by atoms with Gasteiger partial charge in [-0.1, -0.05) is 158 Å². The van der Waals surface area contributed by atoms with Gasteiger partial charge in [0.05, 0.1) is 5.41 Å². The zero-order valence-corrected chi connectivity index (χ0v) is 32.0. The van der Waals surface area contributed by atoms with Crippen LogP contribution in [0.4, 0.5) is 0 Å². The SMILES string of the molecule is Cc1ccc(-c2ccc(-c3nc(-c4ccccc4)nc(-c4ccc(-c5ccc6c(c5)C5(c7ccccc7Oc7ccccc75)c5ccccc5-6)cc4)n3)cc2)c(C)n1. The maximum absolute atomic E-state index is 6.55. The third kappa shape index (κ3) is 5.31. The van der Waals surface area contributed by atoms with Crippen LogP contribution in [-0.4, -0.2) is 19.9 Å². The molecule has 0 N–H and O–H groups in total. The van der Waals surface area contributed by atoms with Gasteiger partial charge in [0, 0.05) is 44.8 Å². The van der Waals surface area contributed by atoms with E-state index in [0.717, 1.165) is 73.0 Å². The highest BCUT2D eigenvalue weighted by molar-refractivity contribution is 5.90. The van der Waals surface area contributed by atoms with Crippen molar-refractivity contribution in [1.29, 1.82) is 0 Å². The fourth-order valence-electron chi connectivity index (χ4n) is 8.99. The molecule has 5 nitrogen and oxygen atoms in total. The van der Waals surface area contributed by atoms with Crippen LogP contribution >= 0.6 is 0 Å². The molecule has 2 aromatic heterocycles. The van der Waals surface area contributed by atoms with E-state index < -0.39 is 5.41 Å². The van der Waals surface area contributed by atoms with E-state index in [0.29, 0.717) is 17.5 Å². The molecule has 1 spiro atoms. The van der Waals surface area contributed by atoms with Gasteiger partial charge in [-0.3, -0.25) is 4.98 Å². The Kier molecular flexibility index (Phi) is 7.76. The molecule has 7 aromatic carbocycles. The van der Waals surface area contributed by atoms with Crippen molar-refractivity contribution < 1.29 is 4.74 Å². The van der Waals surface area contributed by atoms with Gasteiger partial charge in [-0.15, -0.1) is 0 Å². The Bertz CT molecular complexity index is 3000. The average Bonchev–Trinajstić information content (AvgIpc) is 3.56. The number of aromatic nitrogens is 4. The first-order valence-corrected chi connectivity index (χ1v) is 19.6. The van der Waals surface area contributed by atoms with Crippen molar-refractivity contribution >= 4 is 0 Å². The van der Waals surface area contributed by atoms with E-state index in [1.807, 2.05) is 37.3 Å². The molecule has 0 saturated heterocycles. The first-order valence-electron chi connectivity index (χ1n) is 19.6. The molecule has 1 aliphatic heterocycles. The minimum absolute atomic E-state index is 0.517. The summed E-state index contributed by atoms with van der Waals surface area (Å²) in [5, 5.41) is 0. The highest BCUT2D eigenvalue weighted by Crippen LogP contribution is 2.62. The normalized spacial score (nSPS) is 12.9. The summed E-state index contributed by atoms with van der Waals surface area (Å²) in [7, 11) is 0. The number of pyridine rings is 1. The zero-order chi connectivity index (χ0) is 38.8. The molecular weight excluding hydrogens is 709 g/mol. The summed E-state index contributed by atoms with van der Waals surface area (Å²) in [4.78, 5) is 19.7. The van der Waals surface area contributed by atoms with Gasteiger partial charge in [-0.05, 0) is 77.1 Å². The van der Waals surface area contributed by atoms with Gasteiger partial charge in [0.2, 0.25) is 0 Å². The molecule has 1 aliphatic carbocycles. The lowest BCUT2D eigenvalue weighted by Crippen LogP contribution is -2.32. The molecular formula is C53H36N4O. The van der Waals surface area contributed by atoms with Gasteiger partial charge >= 0.3 is 0 Å². The summed E-state index contributed by atoms with van der Waals surface area (Å²) in [5.41, 5.74) is 16.1. The number of benzene rings is 7. The van der Waals surface area contributed by atoms with Crippen molar-refractivity contribution in [3.05, 3.63) is 216 Å². The first-order chi connectivity index (χ1) is 28.5. The lowest BCUT2D eigenvalue weighted by atomic mass is 9.66. The lowest BCUT2D eigenvalue weighted by Gasteiger charge is -2.39. The number of nitrogens with zero attached hydrogens (tertiary/aromatic N) is 4. The fraction of sp³-hybridized carbons (Fsp3) is 0.0566. The number of aryl methyl sites for hydroxylation is 2. The first kappa shape index (κ1) is 33.8. The Balaban J connectivity index is 1.00. The number of hydrogen-bond acceptors (Lipinski definition) is 5. The Morgan fingerprint density at radius 3 is 1.43 bits per heavy atom. The molecule has 2 aliphatic rings. The molecule has 5 heteroatoms. The highest BCUT2D eigenvalue weighted by Gasteiger charge is 2.51. The van der Waals surface area contributed by atoms with Crippen LogP contribution < -0.4 is 4.74 Å². The van der Waals surface area contributed by atoms with Crippen molar-refractivity contribution in [2.75, 3.05) is 0 Å². The van der Waals surface area contributed by atoms with Crippen LogP contribution in [-0.2, 0) is 5.41 Å². The quantitative estimate of drug-likeness (QED) is 0.176. The fourth-order valence-corrected chi connectivity index (χ4v) is 8.99. The largest absolute Gasteiger partial charge is 0.457 e. The number of hydrogen-bond donors (Lipinski definition) is 0. The third-order valence-corrected chi connectivity index (χ3v) is 11.7. The van der Waals surface area contributed by atoms with E-state index in [9.17, 15) is 0 Å². The smallest absolute Gasteiger partial charge is 0.164 e. The molecule has 0 fully saturated rings. The Labute approximate surface area is 337 Å². The van der Waals surface area contributed by atoms with Gasteiger partial charge in [-0.25, -0.2) is 15.0 Å². The maximum Gasteiger partial charge on any atom is 0.164 e. The number of rotatable bonds is 5. The molecule has 0 amide bonds. The van der Waals surface area contributed by atoms with Crippen molar-refractivity contribution in [3.8, 4) is 79.0 Å². The molecule has 0 unspecified atom stereocenters. The number of fused-ring (bicyclic) bond motifs is 9.